The second-order valence-corrected chi connectivity index (χ2v) is 1.98. The summed E-state index contributed by atoms with van der Waals surface area (Å²) in [7, 11) is 0. The summed E-state index contributed by atoms with van der Waals surface area (Å²) in [6, 6.07) is 0. The van der Waals surface area contributed by atoms with Crippen molar-refractivity contribution in [2.75, 3.05) is 6.61 Å². The van der Waals surface area contributed by atoms with Crippen molar-refractivity contribution in [3.63, 3.8) is 0 Å². The van der Waals surface area contributed by atoms with Crippen molar-refractivity contribution in [1.82, 2.24) is 0 Å². The van der Waals surface area contributed by atoms with E-state index in [4.69, 9.17) is 0 Å². The van der Waals surface area contributed by atoms with Gasteiger partial charge in [0.25, 0.3) is 0 Å². The zero-order valence-electron chi connectivity index (χ0n) is 6.96. The second-order valence-electron chi connectivity index (χ2n) is 1.98. The van der Waals surface area contributed by atoms with E-state index in [-0.39, 0.29) is 6.42 Å². The molecule has 0 aromatic rings. The molecule has 0 heterocycles. The Hall–Kier alpha value is -1.39. The van der Waals surface area contributed by atoms with Gasteiger partial charge in [-0.15, -0.1) is 0 Å². The number of hydrogen-bond donors (Lipinski definition) is 0. The molecule has 0 saturated carbocycles. The van der Waals surface area contributed by atoms with Gasteiger partial charge in [-0.05, 0) is 0 Å². The fourth-order valence-corrected chi connectivity index (χ4v) is 0.389. The molecule has 0 rings (SSSR count). The molecule has 0 amide bonds. The molecule has 0 saturated heterocycles. The lowest BCUT2D eigenvalue weighted by Crippen LogP contribution is -2.18. The summed E-state index contributed by atoms with van der Waals surface area (Å²) in [6.07, 6.45) is 0.117. The first-order valence-corrected chi connectivity index (χ1v) is 3.43. The van der Waals surface area contributed by atoms with Crippen LogP contribution in [-0.4, -0.2) is 24.5 Å². The van der Waals surface area contributed by atoms with Crippen molar-refractivity contribution in [2.24, 2.45) is 0 Å². The molecule has 0 aliphatic heterocycles. The van der Waals surface area contributed by atoms with Crippen LogP contribution in [-0.2, 0) is 23.9 Å². The Morgan fingerprint density at radius 1 is 1.17 bits per heavy atom. The molecule has 0 radical (unpaired) electrons. The van der Waals surface area contributed by atoms with E-state index in [0.717, 1.165) is 6.92 Å². The summed E-state index contributed by atoms with van der Waals surface area (Å²) >= 11 is 0. The van der Waals surface area contributed by atoms with E-state index in [1.54, 1.807) is 6.92 Å². The Morgan fingerprint density at radius 2 is 1.75 bits per heavy atom. The van der Waals surface area contributed by atoms with Crippen LogP contribution in [0.4, 0.5) is 0 Å². The van der Waals surface area contributed by atoms with E-state index in [1.807, 2.05) is 0 Å². The minimum atomic E-state index is -0.850. The van der Waals surface area contributed by atoms with Crippen LogP contribution >= 0.6 is 0 Å². The van der Waals surface area contributed by atoms with Gasteiger partial charge in [0.15, 0.2) is 6.61 Å². The molecule has 68 valence electrons. The Labute approximate surface area is 69.6 Å². The molecule has 0 bridgehead atoms. The summed E-state index contributed by atoms with van der Waals surface area (Å²) < 4.78 is 8.48. The first-order chi connectivity index (χ1) is 5.56. The third-order valence-corrected chi connectivity index (χ3v) is 0.910. The fraction of sp³-hybridized carbons (Fsp3) is 0.571. The highest BCUT2D eigenvalue weighted by atomic mass is 16.6. The number of carbonyl (C=O) groups is 3. The number of ether oxygens (including phenoxy) is 2. The van der Waals surface area contributed by atoms with Gasteiger partial charge in [0.1, 0.15) is 0 Å². The lowest BCUT2D eigenvalue weighted by molar-refractivity contribution is -0.166. The lowest BCUT2D eigenvalue weighted by atomic mass is 10.5. The zero-order chi connectivity index (χ0) is 9.56. The van der Waals surface area contributed by atoms with Crippen molar-refractivity contribution < 1.29 is 23.9 Å². The largest absolute Gasteiger partial charge is 0.454 e. The van der Waals surface area contributed by atoms with E-state index >= 15 is 0 Å². The van der Waals surface area contributed by atoms with Gasteiger partial charge < -0.3 is 9.47 Å². The van der Waals surface area contributed by atoms with Crippen LogP contribution in [0.25, 0.3) is 0 Å². The minimum Gasteiger partial charge on any atom is -0.454 e. The second kappa shape index (κ2) is 5.29. The van der Waals surface area contributed by atoms with Gasteiger partial charge in [0.2, 0.25) is 0 Å². The van der Waals surface area contributed by atoms with E-state index in [2.05, 4.69) is 9.47 Å². The van der Waals surface area contributed by atoms with E-state index in [9.17, 15) is 14.4 Å². The minimum absolute atomic E-state index is 0.117. The van der Waals surface area contributed by atoms with Crippen LogP contribution in [0.5, 0.6) is 0 Å². The molecule has 0 spiro atoms. The standard InChI is InChI=1S/C7H10O5/c1-3-6(9)12-7(10)4-11-5(2)8/h3-4H2,1-2H3. The first-order valence-electron chi connectivity index (χ1n) is 3.43. The van der Waals surface area contributed by atoms with Crippen molar-refractivity contribution in [2.45, 2.75) is 20.3 Å². The maximum atomic E-state index is 10.6. The molecule has 5 heteroatoms. The number of esters is 3. The van der Waals surface area contributed by atoms with Gasteiger partial charge in [-0.1, -0.05) is 6.92 Å². The maximum absolute atomic E-state index is 10.6. The molecule has 12 heavy (non-hydrogen) atoms. The third-order valence-electron chi connectivity index (χ3n) is 0.910. The van der Waals surface area contributed by atoms with E-state index < -0.39 is 24.5 Å². The fourth-order valence-electron chi connectivity index (χ4n) is 0.389. The molecule has 0 fully saturated rings. The molecule has 0 atom stereocenters. The van der Waals surface area contributed by atoms with Crippen molar-refractivity contribution >= 4 is 17.9 Å². The molecular formula is C7H10O5. The van der Waals surface area contributed by atoms with Crippen LogP contribution in [0, 0.1) is 0 Å². The highest BCUT2D eigenvalue weighted by molar-refractivity contribution is 5.86. The molecule has 0 N–H and O–H groups in total. The number of carbonyl (C=O) groups excluding carboxylic acids is 3. The van der Waals surface area contributed by atoms with Crippen LogP contribution in [0.2, 0.25) is 0 Å². The van der Waals surface area contributed by atoms with Gasteiger partial charge in [0, 0.05) is 13.3 Å². The quantitative estimate of drug-likeness (QED) is 0.446. The summed E-state index contributed by atoms with van der Waals surface area (Å²) in [5.74, 6) is -2.07. The lowest BCUT2D eigenvalue weighted by Gasteiger charge is -2.00. The van der Waals surface area contributed by atoms with Gasteiger partial charge in [0.05, 0.1) is 0 Å². The molecule has 0 aromatic carbocycles. The van der Waals surface area contributed by atoms with Crippen molar-refractivity contribution in [3.05, 3.63) is 0 Å². The molecular weight excluding hydrogens is 164 g/mol. The Kier molecular flexibility index (Phi) is 4.67. The maximum Gasteiger partial charge on any atom is 0.351 e. The molecule has 0 unspecified atom stereocenters. The van der Waals surface area contributed by atoms with Crippen LogP contribution in [0.15, 0.2) is 0 Å². The highest BCUT2D eigenvalue weighted by Crippen LogP contribution is 1.87. The van der Waals surface area contributed by atoms with Crippen LogP contribution in [0.1, 0.15) is 20.3 Å². The molecule has 5 nitrogen and oxygen atoms in total. The smallest absolute Gasteiger partial charge is 0.351 e. The average Bonchev–Trinajstić information content (AvgIpc) is 2.00. The van der Waals surface area contributed by atoms with Gasteiger partial charge in [-0.2, -0.15) is 0 Å². The average molecular weight is 174 g/mol. The summed E-state index contributed by atoms with van der Waals surface area (Å²) in [6.45, 7) is 2.21. The number of rotatable bonds is 3. The molecule has 0 aliphatic carbocycles. The molecule has 0 aromatic heterocycles. The third kappa shape index (κ3) is 5.40. The Balaban J connectivity index is 3.60. The normalized spacial score (nSPS) is 8.83. The Morgan fingerprint density at radius 3 is 2.17 bits per heavy atom. The van der Waals surface area contributed by atoms with Crippen LogP contribution in [0.3, 0.4) is 0 Å². The Bertz CT molecular complexity index is 196. The van der Waals surface area contributed by atoms with Crippen molar-refractivity contribution in [3.8, 4) is 0 Å². The van der Waals surface area contributed by atoms with E-state index in [0.29, 0.717) is 0 Å². The van der Waals surface area contributed by atoms with Crippen LogP contribution < -0.4 is 0 Å². The van der Waals surface area contributed by atoms with Gasteiger partial charge >= 0.3 is 17.9 Å². The van der Waals surface area contributed by atoms with Crippen molar-refractivity contribution in [1.29, 1.82) is 0 Å². The van der Waals surface area contributed by atoms with E-state index in [1.165, 1.54) is 0 Å². The predicted octanol–water partition coefficient (Wildman–Crippen LogP) is 0.0293. The zero-order valence-corrected chi connectivity index (χ0v) is 6.96. The molecule has 0 aliphatic rings. The van der Waals surface area contributed by atoms with Gasteiger partial charge in [-0.3, -0.25) is 9.59 Å². The predicted molar refractivity (Wildman–Crippen MR) is 38.0 cm³/mol. The monoisotopic (exact) mass is 174 g/mol. The topological polar surface area (TPSA) is 69.7 Å². The summed E-state index contributed by atoms with van der Waals surface area (Å²) in [4.78, 5) is 31.3. The SMILES string of the molecule is CCC(=O)OC(=O)COC(C)=O. The highest BCUT2D eigenvalue weighted by Gasteiger charge is 2.09. The first kappa shape index (κ1) is 10.6. The summed E-state index contributed by atoms with van der Waals surface area (Å²) in [5.41, 5.74) is 0. The summed E-state index contributed by atoms with van der Waals surface area (Å²) in [5, 5.41) is 0. The van der Waals surface area contributed by atoms with Gasteiger partial charge in [-0.25, -0.2) is 4.79 Å². The number of hydrogen-bond acceptors (Lipinski definition) is 5.